The molecule has 0 saturated heterocycles. The summed E-state index contributed by atoms with van der Waals surface area (Å²) in [7, 11) is -3.77. The van der Waals surface area contributed by atoms with E-state index in [2.05, 4.69) is 30.6 Å². The Morgan fingerprint density at radius 3 is 2.63 bits per heavy atom. The second-order valence-corrected chi connectivity index (χ2v) is 9.65. The maximum atomic E-state index is 13.8. The third kappa shape index (κ3) is 5.47. The predicted octanol–water partition coefficient (Wildman–Crippen LogP) is 4.71. The summed E-state index contributed by atoms with van der Waals surface area (Å²) >= 11 is 9.27. The lowest BCUT2D eigenvalue weighted by molar-refractivity contribution is 0.575. The number of unbranched alkanes of at least 4 members (excludes halogenated alkanes) is 2. The second kappa shape index (κ2) is 10.0. The molecule has 30 heavy (non-hydrogen) atoms. The SMILES string of the molecule is NCCCCCNS(=O)(=O)c1cc(-c2nc(-c3ccc(Br)c(F)c3)c[nH]2)ccc1Cl. The van der Waals surface area contributed by atoms with E-state index in [9.17, 15) is 12.8 Å². The lowest BCUT2D eigenvalue weighted by atomic mass is 10.2. The first kappa shape index (κ1) is 22.9. The number of rotatable bonds is 9. The van der Waals surface area contributed by atoms with Gasteiger partial charge < -0.3 is 10.7 Å². The summed E-state index contributed by atoms with van der Waals surface area (Å²) in [6.45, 7) is 0.890. The highest BCUT2D eigenvalue weighted by molar-refractivity contribution is 9.10. The zero-order chi connectivity index (χ0) is 21.7. The molecule has 0 atom stereocenters. The maximum absolute atomic E-state index is 13.8. The molecule has 4 N–H and O–H groups in total. The van der Waals surface area contributed by atoms with Crippen molar-refractivity contribution in [1.29, 1.82) is 0 Å². The van der Waals surface area contributed by atoms with Gasteiger partial charge >= 0.3 is 0 Å². The Morgan fingerprint density at radius 1 is 1.13 bits per heavy atom. The number of nitrogens with one attached hydrogen (secondary N) is 2. The van der Waals surface area contributed by atoms with Gasteiger partial charge in [0.15, 0.2) is 0 Å². The fourth-order valence-corrected chi connectivity index (χ4v) is 4.70. The van der Waals surface area contributed by atoms with Gasteiger partial charge in [0.1, 0.15) is 16.5 Å². The first-order valence-corrected chi connectivity index (χ1v) is 12.0. The average Bonchev–Trinajstić information content (AvgIpc) is 3.20. The van der Waals surface area contributed by atoms with Crippen molar-refractivity contribution in [2.45, 2.75) is 24.2 Å². The van der Waals surface area contributed by atoms with Crippen LogP contribution in [0.5, 0.6) is 0 Å². The Balaban J connectivity index is 1.83. The van der Waals surface area contributed by atoms with Crippen molar-refractivity contribution in [2.24, 2.45) is 5.73 Å². The van der Waals surface area contributed by atoms with Gasteiger partial charge in [-0.05, 0) is 65.6 Å². The Hall–Kier alpha value is -1.78. The molecule has 0 fully saturated rings. The molecule has 0 spiro atoms. The van der Waals surface area contributed by atoms with Crippen LogP contribution in [0, 0.1) is 5.82 Å². The van der Waals surface area contributed by atoms with E-state index < -0.39 is 15.8 Å². The number of benzene rings is 2. The molecule has 160 valence electrons. The van der Waals surface area contributed by atoms with Gasteiger partial charge in [0.05, 0.1) is 15.2 Å². The van der Waals surface area contributed by atoms with Crippen molar-refractivity contribution in [3.63, 3.8) is 0 Å². The molecule has 0 aliphatic heterocycles. The van der Waals surface area contributed by atoms with Crippen LogP contribution >= 0.6 is 27.5 Å². The highest BCUT2D eigenvalue weighted by atomic mass is 79.9. The van der Waals surface area contributed by atoms with Gasteiger partial charge in [-0.15, -0.1) is 0 Å². The minimum Gasteiger partial charge on any atom is -0.344 e. The summed E-state index contributed by atoms with van der Waals surface area (Å²) in [5, 5.41) is 0.120. The second-order valence-electron chi connectivity index (χ2n) is 6.66. The standard InChI is InChI=1S/C20H21BrClFN4O2S/c21-15-6-4-13(10-17(15)23)18-12-25-20(27-18)14-5-7-16(22)19(11-14)30(28,29)26-9-3-1-2-8-24/h4-7,10-12,26H,1-3,8-9,24H2,(H,25,27). The molecule has 3 aromatic rings. The van der Waals surface area contributed by atoms with Crippen molar-refractivity contribution in [1.82, 2.24) is 14.7 Å². The lowest BCUT2D eigenvalue weighted by Crippen LogP contribution is -2.25. The number of sulfonamides is 1. The van der Waals surface area contributed by atoms with E-state index in [0.717, 1.165) is 12.8 Å². The number of H-pyrrole nitrogens is 1. The van der Waals surface area contributed by atoms with E-state index >= 15 is 0 Å². The third-order valence-corrected chi connectivity index (χ3v) is 7.05. The summed E-state index contributed by atoms with van der Waals surface area (Å²) in [6.07, 6.45) is 4.02. The van der Waals surface area contributed by atoms with Crippen molar-refractivity contribution >= 4 is 37.6 Å². The molecular formula is C20H21BrClFN4O2S. The van der Waals surface area contributed by atoms with Gasteiger partial charge in [-0.2, -0.15) is 0 Å². The lowest BCUT2D eigenvalue weighted by Gasteiger charge is -2.09. The summed E-state index contributed by atoms with van der Waals surface area (Å²) in [6, 6.07) is 9.37. The number of aromatic amines is 1. The molecule has 1 heterocycles. The van der Waals surface area contributed by atoms with Crippen molar-refractivity contribution in [2.75, 3.05) is 13.1 Å². The fraction of sp³-hybridized carbons (Fsp3) is 0.250. The van der Waals surface area contributed by atoms with E-state index in [4.69, 9.17) is 17.3 Å². The van der Waals surface area contributed by atoms with E-state index in [-0.39, 0.29) is 9.92 Å². The van der Waals surface area contributed by atoms with Gasteiger partial charge in [0.25, 0.3) is 0 Å². The number of hydrogen-bond donors (Lipinski definition) is 3. The largest absolute Gasteiger partial charge is 0.344 e. The Labute approximate surface area is 188 Å². The topological polar surface area (TPSA) is 101 Å². The summed E-state index contributed by atoms with van der Waals surface area (Å²) in [5.74, 6) is 0.0545. The first-order chi connectivity index (χ1) is 14.3. The average molecular weight is 516 g/mol. The van der Waals surface area contributed by atoms with Crippen LogP contribution < -0.4 is 10.5 Å². The number of hydrogen-bond acceptors (Lipinski definition) is 4. The van der Waals surface area contributed by atoms with Gasteiger partial charge in [0.2, 0.25) is 10.0 Å². The minimum absolute atomic E-state index is 0.0203. The minimum atomic E-state index is -3.77. The van der Waals surface area contributed by atoms with Crippen LogP contribution in [0.15, 0.2) is 52.0 Å². The zero-order valence-electron chi connectivity index (χ0n) is 16.0. The molecule has 0 bridgehead atoms. The highest BCUT2D eigenvalue weighted by Gasteiger charge is 2.19. The highest BCUT2D eigenvalue weighted by Crippen LogP contribution is 2.29. The van der Waals surface area contributed by atoms with Crippen LogP contribution in [0.1, 0.15) is 19.3 Å². The van der Waals surface area contributed by atoms with Gasteiger partial charge in [-0.25, -0.2) is 22.5 Å². The Kier molecular flexibility index (Phi) is 7.65. The van der Waals surface area contributed by atoms with Crippen LogP contribution in [0.2, 0.25) is 5.02 Å². The van der Waals surface area contributed by atoms with E-state index in [1.807, 2.05) is 0 Å². The number of imidazole rings is 1. The van der Waals surface area contributed by atoms with E-state index in [1.54, 1.807) is 24.4 Å². The molecule has 0 unspecified atom stereocenters. The molecule has 3 rings (SSSR count). The summed E-state index contributed by atoms with van der Waals surface area (Å²) in [5.41, 5.74) is 7.13. The Bertz CT molecular complexity index is 1140. The molecule has 1 aromatic heterocycles. The molecule has 2 aromatic carbocycles. The smallest absolute Gasteiger partial charge is 0.242 e. The first-order valence-electron chi connectivity index (χ1n) is 9.32. The fourth-order valence-electron chi connectivity index (χ4n) is 2.86. The van der Waals surface area contributed by atoms with E-state index in [1.165, 1.54) is 18.2 Å². The molecule has 0 aliphatic carbocycles. The molecule has 0 aliphatic rings. The number of halogens is 3. The van der Waals surface area contributed by atoms with Gasteiger partial charge in [-0.1, -0.05) is 24.1 Å². The van der Waals surface area contributed by atoms with Crippen LogP contribution in [-0.2, 0) is 10.0 Å². The normalized spacial score (nSPS) is 11.7. The zero-order valence-corrected chi connectivity index (χ0v) is 19.1. The maximum Gasteiger partial charge on any atom is 0.242 e. The quantitative estimate of drug-likeness (QED) is 0.359. The molecule has 0 radical (unpaired) electrons. The molecule has 10 heteroatoms. The predicted molar refractivity (Wildman–Crippen MR) is 120 cm³/mol. The third-order valence-electron chi connectivity index (χ3n) is 4.46. The van der Waals surface area contributed by atoms with Crippen LogP contribution in [0.3, 0.4) is 0 Å². The van der Waals surface area contributed by atoms with Crippen molar-refractivity contribution in [3.05, 3.63) is 57.9 Å². The van der Waals surface area contributed by atoms with Crippen LogP contribution in [0.25, 0.3) is 22.6 Å². The number of nitrogens with two attached hydrogens (primary N) is 1. The number of aromatic nitrogens is 2. The molecule has 6 nitrogen and oxygen atoms in total. The Morgan fingerprint density at radius 2 is 1.90 bits per heavy atom. The molecule has 0 saturated carbocycles. The van der Waals surface area contributed by atoms with Gasteiger partial charge in [0, 0.05) is 23.9 Å². The monoisotopic (exact) mass is 514 g/mol. The van der Waals surface area contributed by atoms with Crippen molar-refractivity contribution in [3.8, 4) is 22.6 Å². The summed E-state index contributed by atoms with van der Waals surface area (Å²) < 4.78 is 42.1. The molecular weight excluding hydrogens is 495 g/mol. The van der Waals surface area contributed by atoms with E-state index in [0.29, 0.717) is 46.6 Å². The van der Waals surface area contributed by atoms with Crippen LogP contribution in [-0.4, -0.2) is 31.5 Å². The molecule has 0 amide bonds. The van der Waals surface area contributed by atoms with Gasteiger partial charge in [-0.3, -0.25) is 0 Å². The van der Waals surface area contributed by atoms with Crippen molar-refractivity contribution < 1.29 is 12.8 Å². The van der Waals surface area contributed by atoms with Crippen LogP contribution in [0.4, 0.5) is 4.39 Å². The number of nitrogens with zero attached hydrogens (tertiary/aromatic N) is 1. The summed E-state index contributed by atoms with van der Waals surface area (Å²) in [4.78, 5) is 7.45.